The first-order valence-electron chi connectivity index (χ1n) is 11.5. The molecule has 1 aromatic carbocycles. The van der Waals surface area contributed by atoms with E-state index >= 15 is 0 Å². The second-order valence-corrected chi connectivity index (χ2v) is 8.14. The summed E-state index contributed by atoms with van der Waals surface area (Å²) in [5.41, 5.74) is 1.00. The minimum atomic E-state index is -0.597. The highest BCUT2D eigenvalue weighted by Crippen LogP contribution is 2.11. The zero-order valence-electron chi connectivity index (χ0n) is 19.6. The molecule has 0 aliphatic carbocycles. The molecule has 0 spiro atoms. The monoisotopic (exact) mass is 458 g/mol. The van der Waals surface area contributed by atoms with Crippen LogP contribution >= 0.6 is 0 Å². The highest BCUT2D eigenvalue weighted by Gasteiger charge is 2.23. The van der Waals surface area contributed by atoms with E-state index in [0.29, 0.717) is 19.3 Å². The van der Waals surface area contributed by atoms with Crippen LogP contribution in [0.1, 0.15) is 51.0 Å². The molecule has 0 unspecified atom stereocenters. The fourth-order valence-electron chi connectivity index (χ4n) is 3.33. The van der Waals surface area contributed by atoms with Gasteiger partial charge in [0.05, 0.1) is 25.1 Å². The van der Waals surface area contributed by atoms with E-state index in [0.717, 1.165) is 24.8 Å². The van der Waals surface area contributed by atoms with Crippen molar-refractivity contribution in [2.45, 2.75) is 64.0 Å². The van der Waals surface area contributed by atoms with Crippen molar-refractivity contribution in [3.63, 3.8) is 0 Å². The largest absolute Gasteiger partial charge is 0.461 e. The van der Waals surface area contributed by atoms with Gasteiger partial charge in [-0.25, -0.2) is 0 Å². The van der Waals surface area contributed by atoms with Crippen LogP contribution in [0.25, 0.3) is 0 Å². The van der Waals surface area contributed by atoms with E-state index in [9.17, 15) is 19.5 Å². The molecule has 0 saturated heterocycles. The van der Waals surface area contributed by atoms with Crippen molar-refractivity contribution < 1.29 is 24.2 Å². The molecule has 0 aromatic heterocycles. The lowest BCUT2D eigenvalue weighted by Gasteiger charge is -2.20. The molecule has 0 heterocycles. The lowest BCUT2D eigenvalue weighted by molar-refractivity contribution is -0.148. The van der Waals surface area contributed by atoms with Gasteiger partial charge in [-0.2, -0.15) is 0 Å². The third-order valence-electron chi connectivity index (χ3n) is 5.10. The predicted octanol–water partition coefficient (Wildman–Crippen LogP) is 3.08. The van der Waals surface area contributed by atoms with Gasteiger partial charge in [0, 0.05) is 12.8 Å². The molecule has 7 nitrogen and oxygen atoms in total. The zero-order valence-corrected chi connectivity index (χ0v) is 19.6. The Morgan fingerprint density at radius 1 is 1.12 bits per heavy atom. The van der Waals surface area contributed by atoms with Crippen LogP contribution in [0.5, 0.6) is 0 Å². The molecular weight excluding hydrogens is 420 g/mol. The van der Waals surface area contributed by atoms with Crippen LogP contribution in [0, 0.1) is 5.92 Å². The second-order valence-electron chi connectivity index (χ2n) is 8.14. The first-order valence-corrected chi connectivity index (χ1v) is 11.5. The number of carbonyl (C=O) groups excluding carboxylic acids is 3. The smallest absolute Gasteiger partial charge is 0.306 e. The SMILES string of the molecule is C=CCCCCC(=O)O[C@@H](C)CNC(=O)[C@H](CC=C)CC(=O)N[C@H](CO)Cc1ccccc1. The van der Waals surface area contributed by atoms with Gasteiger partial charge in [0.15, 0.2) is 0 Å². The Hall–Kier alpha value is -2.93. The Morgan fingerprint density at radius 2 is 1.85 bits per heavy atom. The van der Waals surface area contributed by atoms with Crippen LogP contribution < -0.4 is 10.6 Å². The van der Waals surface area contributed by atoms with E-state index in [2.05, 4.69) is 23.8 Å². The maximum absolute atomic E-state index is 12.6. The number of ether oxygens (including phenoxy) is 1. The van der Waals surface area contributed by atoms with Crippen LogP contribution in [0.3, 0.4) is 0 Å². The molecule has 182 valence electrons. The highest BCUT2D eigenvalue weighted by atomic mass is 16.5. The summed E-state index contributed by atoms with van der Waals surface area (Å²) in [6.45, 7) is 9.00. The molecule has 3 atom stereocenters. The highest BCUT2D eigenvalue weighted by molar-refractivity contribution is 5.86. The molecule has 0 saturated carbocycles. The lowest BCUT2D eigenvalue weighted by atomic mass is 9.99. The number of amides is 2. The van der Waals surface area contributed by atoms with Crippen molar-refractivity contribution in [1.82, 2.24) is 10.6 Å². The maximum Gasteiger partial charge on any atom is 0.306 e. The number of hydrogen-bond donors (Lipinski definition) is 3. The van der Waals surface area contributed by atoms with E-state index in [-0.39, 0.29) is 37.4 Å². The number of esters is 1. The van der Waals surface area contributed by atoms with Gasteiger partial charge in [0.2, 0.25) is 11.8 Å². The summed E-state index contributed by atoms with van der Waals surface area (Å²) in [6, 6.07) is 9.13. The van der Waals surface area contributed by atoms with Gasteiger partial charge in [-0.1, -0.05) is 42.5 Å². The van der Waals surface area contributed by atoms with Crippen molar-refractivity contribution in [1.29, 1.82) is 0 Å². The fourth-order valence-corrected chi connectivity index (χ4v) is 3.33. The maximum atomic E-state index is 12.6. The summed E-state index contributed by atoms with van der Waals surface area (Å²) in [5, 5.41) is 15.2. The third-order valence-corrected chi connectivity index (χ3v) is 5.10. The summed E-state index contributed by atoms with van der Waals surface area (Å²) >= 11 is 0. The topological polar surface area (TPSA) is 105 Å². The van der Waals surface area contributed by atoms with Crippen molar-refractivity contribution in [3.8, 4) is 0 Å². The van der Waals surface area contributed by atoms with Crippen LogP contribution in [0.2, 0.25) is 0 Å². The predicted molar refractivity (Wildman–Crippen MR) is 129 cm³/mol. The fraction of sp³-hybridized carbons (Fsp3) is 0.500. The summed E-state index contributed by atoms with van der Waals surface area (Å²) in [6.07, 6.45) is 6.56. The molecule has 33 heavy (non-hydrogen) atoms. The minimum absolute atomic E-state index is 0.0272. The molecule has 0 fully saturated rings. The first kappa shape index (κ1) is 28.1. The van der Waals surface area contributed by atoms with Crippen molar-refractivity contribution >= 4 is 17.8 Å². The molecule has 2 amide bonds. The number of hydrogen-bond acceptors (Lipinski definition) is 5. The Labute approximate surface area is 197 Å². The molecule has 1 rings (SSSR count). The van der Waals surface area contributed by atoms with Crippen molar-refractivity contribution in [2.24, 2.45) is 5.92 Å². The van der Waals surface area contributed by atoms with Gasteiger partial charge in [0.1, 0.15) is 6.10 Å². The van der Waals surface area contributed by atoms with Gasteiger partial charge >= 0.3 is 5.97 Å². The Morgan fingerprint density at radius 3 is 2.48 bits per heavy atom. The summed E-state index contributed by atoms with van der Waals surface area (Å²) < 4.78 is 5.32. The number of allylic oxidation sites excluding steroid dienone is 2. The Balaban J connectivity index is 2.46. The average Bonchev–Trinajstić information content (AvgIpc) is 2.80. The first-order chi connectivity index (χ1) is 15.9. The molecule has 7 heteroatoms. The zero-order chi connectivity index (χ0) is 24.5. The van der Waals surface area contributed by atoms with Crippen LogP contribution in [-0.4, -0.2) is 48.2 Å². The van der Waals surface area contributed by atoms with Gasteiger partial charge in [0.25, 0.3) is 0 Å². The van der Waals surface area contributed by atoms with E-state index in [1.165, 1.54) is 0 Å². The number of rotatable bonds is 17. The van der Waals surface area contributed by atoms with Gasteiger partial charge < -0.3 is 20.5 Å². The molecule has 3 N–H and O–H groups in total. The number of nitrogens with one attached hydrogen (secondary N) is 2. The van der Waals surface area contributed by atoms with E-state index in [4.69, 9.17) is 4.74 Å². The van der Waals surface area contributed by atoms with Crippen LogP contribution in [-0.2, 0) is 25.5 Å². The van der Waals surface area contributed by atoms with Crippen molar-refractivity contribution in [2.75, 3.05) is 13.2 Å². The quantitative estimate of drug-likeness (QED) is 0.189. The molecule has 0 aliphatic rings. The molecule has 0 radical (unpaired) electrons. The summed E-state index contributed by atoms with van der Waals surface area (Å²) in [7, 11) is 0. The second kappa shape index (κ2) is 16.7. The molecular formula is C26H38N2O5. The third kappa shape index (κ3) is 12.6. The molecule has 1 aromatic rings. The normalized spacial score (nSPS) is 13.3. The van der Waals surface area contributed by atoms with Gasteiger partial charge in [-0.3, -0.25) is 14.4 Å². The van der Waals surface area contributed by atoms with Crippen molar-refractivity contribution in [3.05, 3.63) is 61.2 Å². The number of aliphatic hydroxyl groups is 1. The van der Waals surface area contributed by atoms with Crippen LogP contribution in [0.4, 0.5) is 0 Å². The Kier molecular flexibility index (Phi) is 14.2. The lowest BCUT2D eigenvalue weighted by Crippen LogP contribution is -2.42. The number of carbonyl (C=O) groups is 3. The number of unbranched alkanes of at least 4 members (excludes halogenated alkanes) is 2. The van der Waals surface area contributed by atoms with Gasteiger partial charge in [-0.15, -0.1) is 13.2 Å². The minimum Gasteiger partial charge on any atom is -0.461 e. The Bertz CT molecular complexity index is 750. The standard InChI is InChI=1S/C26H38N2O5/c1-4-6-7-11-15-25(31)33-20(3)18-27-26(32)22(12-5-2)17-24(30)28-23(19-29)16-21-13-9-8-10-14-21/h4-5,8-10,13-14,20,22-23,29H,1-2,6-7,11-12,15-19H2,3H3,(H,27,32)(H,28,30)/t20-,22+,23-/m0/s1. The average molecular weight is 459 g/mol. The number of benzene rings is 1. The van der Waals surface area contributed by atoms with E-state index in [1.807, 2.05) is 36.4 Å². The number of aliphatic hydroxyl groups excluding tert-OH is 1. The van der Waals surface area contributed by atoms with E-state index < -0.39 is 18.1 Å². The van der Waals surface area contributed by atoms with Crippen LogP contribution in [0.15, 0.2) is 55.6 Å². The molecule has 0 aliphatic heterocycles. The van der Waals surface area contributed by atoms with Gasteiger partial charge in [-0.05, 0) is 44.6 Å². The summed E-state index contributed by atoms with van der Waals surface area (Å²) in [5.74, 6) is -1.51. The summed E-state index contributed by atoms with van der Waals surface area (Å²) in [4.78, 5) is 37.0. The molecule has 0 bridgehead atoms. The van der Waals surface area contributed by atoms with E-state index in [1.54, 1.807) is 13.0 Å².